The molecule has 1 saturated heterocycles. The number of hydrogen-bond donors (Lipinski definition) is 2. The van der Waals surface area contributed by atoms with Crippen molar-refractivity contribution in [2.45, 2.75) is 30.7 Å². The summed E-state index contributed by atoms with van der Waals surface area (Å²) in [6, 6.07) is 4.46. The smallest absolute Gasteiger partial charge is 0.240 e. The monoisotopic (exact) mass is 313 g/mol. The van der Waals surface area contributed by atoms with Crippen LogP contribution < -0.4 is 15.2 Å². The molecule has 0 bridgehead atoms. The van der Waals surface area contributed by atoms with Crippen LogP contribution in [0.3, 0.4) is 0 Å². The number of sulfonamides is 1. The van der Waals surface area contributed by atoms with Gasteiger partial charge in [0.15, 0.2) is 0 Å². The second-order valence-corrected chi connectivity index (χ2v) is 6.97. The summed E-state index contributed by atoms with van der Waals surface area (Å²) in [5.74, 6) is 0.372. The van der Waals surface area contributed by atoms with Crippen LogP contribution in [-0.2, 0) is 10.0 Å². The molecule has 118 valence electrons. The van der Waals surface area contributed by atoms with E-state index in [-0.39, 0.29) is 10.9 Å². The maximum absolute atomic E-state index is 12.4. The Labute approximate surface area is 126 Å². The molecule has 6 nitrogen and oxygen atoms in total. The van der Waals surface area contributed by atoms with Gasteiger partial charge < -0.3 is 15.4 Å². The van der Waals surface area contributed by atoms with Gasteiger partial charge in [-0.15, -0.1) is 0 Å². The summed E-state index contributed by atoms with van der Waals surface area (Å²) in [6.45, 7) is 4.81. The van der Waals surface area contributed by atoms with Crippen molar-refractivity contribution in [2.24, 2.45) is 0 Å². The van der Waals surface area contributed by atoms with Gasteiger partial charge in [-0.2, -0.15) is 0 Å². The fourth-order valence-electron chi connectivity index (χ4n) is 2.59. The Morgan fingerprint density at radius 1 is 1.48 bits per heavy atom. The molecule has 2 rings (SSSR count). The van der Waals surface area contributed by atoms with Gasteiger partial charge in [-0.05, 0) is 38.1 Å². The summed E-state index contributed by atoms with van der Waals surface area (Å²) in [4.78, 5) is 2.43. The van der Waals surface area contributed by atoms with Crippen molar-refractivity contribution in [2.75, 3.05) is 32.5 Å². The van der Waals surface area contributed by atoms with Crippen LogP contribution in [0.1, 0.15) is 19.8 Å². The van der Waals surface area contributed by atoms with Crippen molar-refractivity contribution in [1.29, 1.82) is 0 Å². The summed E-state index contributed by atoms with van der Waals surface area (Å²) in [5, 5.41) is 0. The SMILES string of the molecule is CCN1CCCC(NS(=O)(=O)c2ccc(N)c(OC)c2)C1. The molecule has 0 radical (unpaired) electrons. The van der Waals surface area contributed by atoms with Gasteiger partial charge in [0, 0.05) is 18.7 Å². The zero-order valence-corrected chi connectivity index (χ0v) is 13.3. The van der Waals surface area contributed by atoms with Crippen LogP contribution >= 0.6 is 0 Å². The molecule has 0 saturated carbocycles. The Bertz CT molecular complexity index is 589. The molecule has 1 aromatic rings. The number of likely N-dealkylation sites (tertiary alicyclic amines) is 1. The highest BCUT2D eigenvalue weighted by molar-refractivity contribution is 7.89. The van der Waals surface area contributed by atoms with Crippen LogP contribution in [0, 0.1) is 0 Å². The number of nitrogen functional groups attached to an aromatic ring is 1. The zero-order valence-electron chi connectivity index (χ0n) is 12.5. The average molecular weight is 313 g/mol. The molecule has 1 unspecified atom stereocenters. The molecule has 7 heteroatoms. The Morgan fingerprint density at radius 3 is 2.90 bits per heavy atom. The van der Waals surface area contributed by atoms with E-state index < -0.39 is 10.0 Å². The first-order valence-corrected chi connectivity index (χ1v) is 8.62. The molecule has 1 aliphatic heterocycles. The molecule has 0 spiro atoms. The molecule has 0 aromatic heterocycles. The number of methoxy groups -OCH3 is 1. The first-order valence-electron chi connectivity index (χ1n) is 7.14. The number of ether oxygens (including phenoxy) is 1. The second-order valence-electron chi connectivity index (χ2n) is 5.26. The second kappa shape index (κ2) is 6.64. The maximum Gasteiger partial charge on any atom is 0.240 e. The average Bonchev–Trinajstić information content (AvgIpc) is 2.47. The number of rotatable bonds is 5. The van der Waals surface area contributed by atoms with Crippen molar-refractivity contribution >= 4 is 15.7 Å². The Morgan fingerprint density at radius 2 is 2.24 bits per heavy atom. The Balaban J connectivity index is 2.14. The van der Waals surface area contributed by atoms with Crippen LogP contribution in [0.15, 0.2) is 23.1 Å². The van der Waals surface area contributed by atoms with E-state index in [4.69, 9.17) is 10.5 Å². The minimum absolute atomic E-state index is 0.0488. The quantitative estimate of drug-likeness (QED) is 0.794. The first kappa shape index (κ1) is 16.1. The molecule has 0 amide bonds. The van der Waals surface area contributed by atoms with Crippen LogP contribution in [0.4, 0.5) is 5.69 Å². The third-order valence-corrected chi connectivity index (χ3v) is 5.31. The third kappa shape index (κ3) is 3.87. The zero-order chi connectivity index (χ0) is 15.5. The molecule has 0 aliphatic carbocycles. The molecule has 1 atom stereocenters. The largest absolute Gasteiger partial charge is 0.495 e. The first-order chi connectivity index (χ1) is 9.96. The fourth-order valence-corrected chi connectivity index (χ4v) is 3.86. The van der Waals surface area contributed by atoms with Gasteiger partial charge in [-0.3, -0.25) is 0 Å². The minimum atomic E-state index is -3.55. The van der Waals surface area contributed by atoms with Crippen LogP contribution in [0.5, 0.6) is 5.75 Å². The van der Waals surface area contributed by atoms with Crippen molar-refractivity contribution in [3.05, 3.63) is 18.2 Å². The van der Waals surface area contributed by atoms with Gasteiger partial charge in [0.25, 0.3) is 0 Å². The topological polar surface area (TPSA) is 84.7 Å². The van der Waals surface area contributed by atoms with E-state index in [9.17, 15) is 8.42 Å². The van der Waals surface area contributed by atoms with E-state index in [1.165, 1.54) is 19.2 Å². The third-order valence-electron chi connectivity index (χ3n) is 3.79. The molecule has 1 aliphatic rings. The number of hydrogen-bond acceptors (Lipinski definition) is 5. The highest BCUT2D eigenvalue weighted by atomic mass is 32.2. The lowest BCUT2D eigenvalue weighted by atomic mass is 10.1. The lowest BCUT2D eigenvalue weighted by Crippen LogP contribution is -2.47. The molecular weight excluding hydrogens is 290 g/mol. The van der Waals surface area contributed by atoms with Gasteiger partial charge in [-0.25, -0.2) is 13.1 Å². The van der Waals surface area contributed by atoms with Gasteiger partial charge in [0.2, 0.25) is 10.0 Å². The fraction of sp³-hybridized carbons (Fsp3) is 0.571. The van der Waals surface area contributed by atoms with Gasteiger partial charge in [0.1, 0.15) is 5.75 Å². The minimum Gasteiger partial charge on any atom is -0.495 e. The molecule has 1 fully saturated rings. The standard InChI is InChI=1S/C14H23N3O3S/c1-3-17-8-4-5-11(10-17)16-21(18,19)12-6-7-13(15)14(9-12)20-2/h6-7,9,11,16H,3-5,8,10,15H2,1-2H3. The van der Waals surface area contributed by atoms with E-state index in [1.807, 2.05) is 0 Å². The number of nitrogens with one attached hydrogen (secondary N) is 1. The van der Waals surface area contributed by atoms with E-state index in [0.29, 0.717) is 11.4 Å². The van der Waals surface area contributed by atoms with Crippen molar-refractivity contribution in [1.82, 2.24) is 9.62 Å². The van der Waals surface area contributed by atoms with E-state index in [1.54, 1.807) is 6.07 Å². The lowest BCUT2D eigenvalue weighted by molar-refractivity contribution is 0.211. The van der Waals surface area contributed by atoms with Gasteiger partial charge in [-0.1, -0.05) is 6.92 Å². The predicted molar refractivity (Wildman–Crippen MR) is 82.9 cm³/mol. The molecule has 1 heterocycles. The molecule has 21 heavy (non-hydrogen) atoms. The summed E-state index contributed by atoms with van der Waals surface area (Å²) in [7, 11) is -2.09. The van der Waals surface area contributed by atoms with Crippen LogP contribution in [0.2, 0.25) is 0 Å². The number of piperidine rings is 1. The molecular formula is C14H23N3O3S. The summed E-state index contributed by atoms with van der Waals surface area (Å²) >= 11 is 0. The van der Waals surface area contributed by atoms with Crippen LogP contribution in [0.25, 0.3) is 0 Å². The highest BCUT2D eigenvalue weighted by Gasteiger charge is 2.25. The number of nitrogens with zero attached hydrogens (tertiary/aromatic N) is 1. The Hall–Kier alpha value is -1.31. The number of likely N-dealkylation sites (N-methyl/N-ethyl adjacent to an activating group) is 1. The van der Waals surface area contributed by atoms with Gasteiger partial charge >= 0.3 is 0 Å². The summed E-state index contributed by atoms with van der Waals surface area (Å²) in [6.07, 6.45) is 1.87. The Kier molecular flexibility index (Phi) is 5.08. The number of benzene rings is 1. The number of nitrogens with two attached hydrogens (primary N) is 1. The van der Waals surface area contributed by atoms with Crippen molar-refractivity contribution < 1.29 is 13.2 Å². The number of anilines is 1. The van der Waals surface area contributed by atoms with E-state index in [2.05, 4.69) is 16.5 Å². The van der Waals surface area contributed by atoms with Crippen molar-refractivity contribution in [3.8, 4) is 5.75 Å². The maximum atomic E-state index is 12.4. The summed E-state index contributed by atoms with van der Waals surface area (Å²) in [5.41, 5.74) is 6.14. The normalized spacial score (nSPS) is 20.4. The molecule has 3 N–H and O–H groups in total. The van der Waals surface area contributed by atoms with Crippen molar-refractivity contribution in [3.63, 3.8) is 0 Å². The van der Waals surface area contributed by atoms with E-state index in [0.717, 1.165) is 32.5 Å². The predicted octanol–water partition coefficient (Wildman–Crippen LogP) is 1.04. The highest BCUT2D eigenvalue weighted by Crippen LogP contribution is 2.25. The van der Waals surface area contributed by atoms with Crippen LogP contribution in [-0.4, -0.2) is 46.1 Å². The molecule has 1 aromatic carbocycles. The van der Waals surface area contributed by atoms with Gasteiger partial charge in [0.05, 0.1) is 17.7 Å². The lowest BCUT2D eigenvalue weighted by Gasteiger charge is -2.32. The summed E-state index contributed by atoms with van der Waals surface area (Å²) < 4.78 is 32.8. The van der Waals surface area contributed by atoms with E-state index >= 15 is 0 Å².